The number of rotatable bonds is 5. The van der Waals surface area contributed by atoms with Gasteiger partial charge in [0.15, 0.2) is 0 Å². The zero-order chi connectivity index (χ0) is 23.9. The summed E-state index contributed by atoms with van der Waals surface area (Å²) in [4.78, 5) is 12.2. The first-order chi connectivity index (χ1) is 16.3. The second-order valence-electron chi connectivity index (χ2n) is 13.4. The van der Waals surface area contributed by atoms with Crippen molar-refractivity contribution < 1.29 is 14.3 Å². The Hall–Kier alpha value is 0.130. The van der Waals surface area contributed by atoms with Crippen molar-refractivity contribution in [2.24, 2.45) is 51.8 Å². The second kappa shape index (κ2) is 8.58. The Kier molecular flexibility index (Phi) is 6.18. The van der Waals surface area contributed by atoms with E-state index in [-0.39, 0.29) is 12.1 Å². The molecule has 6 fully saturated rings. The van der Waals surface area contributed by atoms with Crippen LogP contribution in [0.1, 0.15) is 85.5 Å². The Morgan fingerprint density at radius 2 is 1.79 bits per heavy atom. The molecule has 1 aliphatic heterocycles. The quantitative estimate of drug-likeness (QED) is 0.374. The summed E-state index contributed by atoms with van der Waals surface area (Å²) in [5.74, 6) is 6.88. The highest BCUT2D eigenvalue weighted by atomic mass is 32.2. The van der Waals surface area contributed by atoms with E-state index < -0.39 is 0 Å². The smallest absolute Gasteiger partial charge is 0.302 e. The van der Waals surface area contributed by atoms with Gasteiger partial charge in [0, 0.05) is 19.4 Å². The molecular weight excluding hydrogens is 460 g/mol. The van der Waals surface area contributed by atoms with E-state index in [9.17, 15) is 4.79 Å². The summed E-state index contributed by atoms with van der Waals surface area (Å²) in [5, 5.41) is 0. The number of carbonyl (C=O) groups excluding carboxylic acids is 1. The largest absolute Gasteiger partial charge is 0.460 e. The molecule has 5 heteroatoms. The lowest BCUT2D eigenvalue weighted by Gasteiger charge is -2.61. The third-order valence-corrected chi connectivity index (χ3v) is 15.5. The Balaban J connectivity index is 1.26. The molecule has 0 unspecified atom stereocenters. The molecule has 1 heterocycles. The van der Waals surface area contributed by atoms with Crippen LogP contribution in [0, 0.1) is 51.8 Å². The van der Waals surface area contributed by atoms with E-state index in [0.717, 1.165) is 23.7 Å². The molecule has 5 aliphatic carbocycles. The molecule has 0 aromatic heterocycles. The first kappa shape index (κ1) is 24.5. The summed E-state index contributed by atoms with van der Waals surface area (Å²) >= 11 is 4.07. The summed E-state index contributed by atoms with van der Waals surface area (Å²) in [6.45, 7) is 9.35. The Labute approximate surface area is 216 Å². The predicted octanol–water partition coefficient (Wildman–Crippen LogP) is 7.03. The highest BCUT2D eigenvalue weighted by molar-refractivity contribution is 8.17. The molecule has 5 saturated carbocycles. The molecule has 0 amide bonds. The normalized spacial score (nSPS) is 51.6. The van der Waals surface area contributed by atoms with Gasteiger partial charge in [-0.25, -0.2) is 0 Å². The van der Waals surface area contributed by atoms with Gasteiger partial charge in [0.2, 0.25) is 0 Å². The van der Waals surface area contributed by atoms with Crippen molar-refractivity contribution in [1.29, 1.82) is 0 Å². The van der Waals surface area contributed by atoms with Gasteiger partial charge in [0.1, 0.15) is 6.10 Å². The number of thioether (sulfide) groups is 2. The summed E-state index contributed by atoms with van der Waals surface area (Å²) in [7, 11) is 2.00. The van der Waals surface area contributed by atoms with Crippen LogP contribution < -0.4 is 0 Å². The maximum atomic E-state index is 12.2. The van der Waals surface area contributed by atoms with Gasteiger partial charge >= 0.3 is 5.97 Å². The van der Waals surface area contributed by atoms with Crippen molar-refractivity contribution in [1.82, 2.24) is 0 Å². The van der Waals surface area contributed by atoms with Crippen molar-refractivity contribution in [2.45, 2.75) is 102 Å². The Morgan fingerprint density at radius 1 is 1.03 bits per heavy atom. The number of esters is 1. The van der Waals surface area contributed by atoms with Gasteiger partial charge in [-0.15, -0.1) is 23.5 Å². The number of hydrogen-bond donors (Lipinski definition) is 0. The molecule has 11 atom stereocenters. The number of methoxy groups -OCH3 is 1. The van der Waals surface area contributed by atoms with Crippen molar-refractivity contribution in [3.05, 3.63) is 0 Å². The van der Waals surface area contributed by atoms with Crippen LogP contribution in [0.4, 0.5) is 0 Å². The lowest BCUT2D eigenvalue weighted by Crippen LogP contribution is -2.57. The molecule has 34 heavy (non-hydrogen) atoms. The Morgan fingerprint density at radius 3 is 2.47 bits per heavy atom. The summed E-state index contributed by atoms with van der Waals surface area (Å²) in [6, 6.07) is 0. The first-order valence-corrected chi connectivity index (χ1v) is 16.3. The third kappa shape index (κ3) is 3.30. The summed E-state index contributed by atoms with van der Waals surface area (Å²) in [5.41, 5.74) is 1.39. The lowest BCUT2D eigenvalue weighted by molar-refractivity contribution is -0.165. The number of carbonyl (C=O) groups is 1. The molecule has 0 aromatic rings. The Bertz CT molecular complexity index is 813. The average molecular weight is 507 g/mol. The summed E-state index contributed by atoms with van der Waals surface area (Å²) in [6.07, 6.45) is 12.9. The molecule has 1 spiro atoms. The molecule has 0 N–H and O–H groups in total. The zero-order valence-corrected chi connectivity index (χ0v) is 23.6. The molecule has 0 aromatic carbocycles. The van der Waals surface area contributed by atoms with Gasteiger partial charge in [-0.1, -0.05) is 20.8 Å². The molecule has 0 bridgehead atoms. The van der Waals surface area contributed by atoms with E-state index >= 15 is 0 Å². The zero-order valence-electron chi connectivity index (χ0n) is 22.0. The van der Waals surface area contributed by atoms with Crippen LogP contribution in [-0.4, -0.2) is 41.4 Å². The molecular formula is C29H46O3S2. The fraction of sp³-hybridized carbons (Fsp3) is 0.966. The van der Waals surface area contributed by atoms with E-state index in [4.69, 9.17) is 9.47 Å². The van der Waals surface area contributed by atoms with Crippen LogP contribution in [0.5, 0.6) is 0 Å². The van der Waals surface area contributed by atoms with Gasteiger partial charge in [0.25, 0.3) is 0 Å². The molecule has 0 radical (unpaired) electrons. The number of fused-ring (bicyclic) bond motifs is 4. The highest BCUT2D eigenvalue weighted by Gasteiger charge is 2.77. The maximum absolute atomic E-state index is 12.2. The van der Waals surface area contributed by atoms with Crippen molar-refractivity contribution in [3.63, 3.8) is 0 Å². The van der Waals surface area contributed by atoms with Crippen molar-refractivity contribution in [3.8, 4) is 0 Å². The van der Waals surface area contributed by atoms with E-state index in [1.54, 1.807) is 6.92 Å². The number of ether oxygens (including phenoxy) is 2. The van der Waals surface area contributed by atoms with Crippen LogP contribution in [0.3, 0.4) is 0 Å². The van der Waals surface area contributed by atoms with Gasteiger partial charge in [-0.2, -0.15) is 0 Å². The van der Waals surface area contributed by atoms with E-state index in [0.29, 0.717) is 38.8 Å². The van der Waals surface area contributed by atoms with Gasteiger partial charge in [-0.05, 0) is 116 Å². The predicted molar refractivity (Wildman–Crippen MR) is 142 cm³/mol. The molecule has 192 valence electrons. The van der Waals surface area contributed by atoms with Crippen LogP contribution in [0.15, 0.2) is 0 Å². The van der Waals surface area contributed by atoms with Crippen LogP contribution >= 0.6 is 23.5 Å². The van der Waals surface area contributed by atoms with Gasteiger partial charge < -0.3 is 9.47 Å². The third-order valence-electron chi connectivity index (χ3n) is 12.5. The van der Waals surface area contributed by atoms with Gasteiger partial charge in [-0.3, -0.25) is 4.79 Å². The van der Waals surface area contributed by atoms with E-state index in [1.165, 1.54) is 69.3 Å². The molecule has 6 rings (SSSR count). The average Bonchev–Trinajstić information content (AvgIpc) is 3.33. The van der Waals surface area contributed by atoms with E-state index in [2.05, 4.69) is 20.8 Å². The SMILES string of the molecule is CO[C@@H]1C[C@H]2[C@@H]3CC[C@H]([C@H](C)[C@@H](OC(C)=O)C4SCCCS4)[C@@]3(C)CC[C@@H]2[C@@]2(C)CC[C@@H]3C[C@]312. The van der Waals surface area contributed by atoms with Crippen LogP contribution in [-0.2, 0) is 14.3 Å². The highest BCUT2D eigenvalue weighted by Crippen LogP contribution is 2.82. The number of hydrogen-bond acceptors (Lipinski definition) is 5. The van der Waals surface area contributed by atoms with Gasteiger partial charge in [0.05, 0.1) is 10.7 Å². The standard InChI is InChI=1S/C29H46O3S2/c1-17(25(32-18(2)30)26-33-13-6-14-34-26)21-7-8-22-20-15-24(31-5)29-16-19(29)9-12-28(29,4)23(20)10-11-27(21,22)3/h17,19-26H,6-16H2,1-5H3/t17-,19+,20-,21+,22-,23-,24+,25+,27+,28+,29-/m0/s1. The van der Waals surface area contributed by atoms with Crippen LogP contribution in [0.25, 0.3) is 0 Å². The topological polar surface area (TPSA) is 35.5 Å². The van der Waals surface area contributed by atoms with E-state index in [1.807, 2.05) is 30.6 Å². The fourth-order valence-electron chi connectivity index (χ4n) is 11.0. The lowest BCUT2D eigenvalue weighted by atomic mass is 9.45. The maximum Gasteiger partial charge on any atom is 0.302 e. The monoisotopic (exact) mass is 506 g/mol. The molecule has 3 nitrogen and oxygen atoms in total. The minimum atomic E-state index is -0.0966. The second-order valence-corrected chi connectivity index (χ2v) is 16.2. The minimum absolute atomic E-state index is 0.0482. The van der Waals surface area contributed by atoms with Crippen molar-refractivity contribution in [2.75, 3.05) is 18.6 Å². The van der Waals surface area contributed by atoms with Crippen LogP contribution in [0.2, 0.25) is 0 Å². The molecule has 6 aliphatic rings. The van der Waals surface area contributed by atoms with Crippen molar-refractivity contribution >= 4 is 29.5 Å². The summed E-state index contributed by atoms with van der Waals surface area (Å²) < 4.78 is 12.8. The first-order valence-electron chi connectivity index (χ1n) is 14.2. The molecule has 1 saturated heterocycles. The minimum Gasteiger partial charge on any atom is -0.460 e. The fourth-order valence-corrected chi connectivity index (χ4v) is 14.2.